The Bertz CT molecular complexity index is 477. The molecule has 0 radical (unpaired) electrons. The Morgan fingerprint density at radius 2 is 1.79 bits per heavy atom. The number of carbonyl (C=O) groups excluding carboxylic acids is 1. The number of halogens is 1. The van der Waals surface area contributed by atoms with Gasteiger partial charge in [0.25, 0.3) is 0 Å². The minimum atomic E-state index is 0.442. The Morgan fingerprint density at radius 3 is 2.50 bits per heavy atom. The second-order valence-electron chi connectivity index (χ2n) is 3.12. The number of aldehydes is 1. The first-order valence-electron chi connectivity index (χ1n) is 4.42. The number of benzene rings is 2. The lowest BCUT2D eigenvalue weighted by atomic mass is 10.0. The van der Waals surface area contributed by atoms with Crippen molar-refractivity contribution in [1.82, 2.24) is 0 Å². The van der Waals surface area contributed by atoms with E-state index in [0.717, 1.165) is 27.6 Å². The molecule has 0 unspecified atom stereocenters. The van der Waals surface area contributed by atoms with Crippen LogP contribution in [0.1, 0.15) is 5.56 Å². The van der Waals surface area contributed by atoms with E-state index in [1.54, 1.807) is 0 Å². The molecule has 0 aliphatic rings. The van der Waals surface area contributed by atoms with Gasteiger partial charge in [-0.15, -0.1) is 0 Å². The van der Waals surface area contributed by atoms with Gasteiger partial charge in [0.2, 0.25) is 0 Å². The van der Waals surface area contributed by atoms with Crippen LogP contribution in [0.15, 0.2) is 36.4 Å². The van der Waals surface area contributed by atoms with Crippen LogP contribution in [0.3, 0.4) is 0 Å². The van der Waals surface area contributed by atoms with Crippen molar-refractivity contribution in [3.8, 4) is 0 Å². The van der Waals surface area contributed by atoms with Gasteiger partial charge in [-0.1, -0.05) is 41.9 Å². The first-order valence-corrected chi connectivity index (χ1v) is 4.80. The molecule has 1 nitrogen and oxygen atoms in total. The van der Waals surface area contributed by atoms with Gasteiger partial charge in [-0.2, -0.15) is 0 Å². The van der Waals surface area contributed by atoms with E-state index < -0.39 is 0 Å². The van der Waals surface area contributed by atoms with Crippen LogP contribution in [0.25, 0.3) is 10.8 Å². The smallest absolute Gasteiger partial charge is 0.124 e. The van der Waals surface area contributed by atoms with Gasteiger partial charge in [-0.25, -0.2) is 0 Å². The van der Waals surface area contributed by atoms with Crippen LogP contribution in [0, 0.1) is 0 Å². The van der Waals surface area contributed by atoms with Crippen LogP contribution in [-0.2, 0) is 11.2 Å². The average molecular weight is 205 g/mol. The molecular weight excluding hydrogens is 196 g/mol. The molecule has 0 bridgehead atoms. The fraction of sp³-hybridized carbons (Fsp3) is 0.0833. The van der Waals surface area contributed by atoms with Gasteiger partial charge < -0.3 is 4.79 Å². The molecule has 14 heavy (non-hydrogen) atoms. The molecule has 0 atom stereocenters. The summed E-state index contributed by atoms with van der Waals surface area (Å²) in [6.07, 6.45) is 1.35. The molecule has 0 saturated heterocycles. The van der Waals surface area contributed by atoms with E-state index in [2.05, 4.69) is 0 Å². The Morgan fingerprint density at radius 1 is 1.07 bits per heavy atom. The van der Waals surface area contributed by atoms with E-state index in [1.807, 2.05) is 36.4 Å². The van der Waals surface area contributed by atoms with E-state index in [-0.39, 0.29) is 0 Å². The summed E-state index contributed by atoms with van der Waals surface area (Å²) >= 11 is 6.04. The quantitative estimate of drug-likeness (QED) is 0.687. The molecular formula is C12H9ClO. The molecule has 70 valence electrons. The van der Waals surface area contributed by atoms with Crippen molar-refractivity contribution in [1.29, 1.82) is 0 Å². The number of hydrogen-bond donors (Lipinski definition) is 0. The van der Waals surface area contributed by atoms with Crippen molar-refractivity contribution in [3.63, 3.8) is 0 Å². The third kappa shape index (κ3) is 1.51. The maximum Gasteiger partial charge on any atom is 0.124 e. The lowest BCUT2D eigenvalue weighted by molar-refractivity contribution is -0.107. The molecule has 0 N–H and O–H groups in total. The molecule has 0 aromatic heterocycles. The molecule has 2 aromatic rings. The molecule has 0 aliphatic heterocycles. The Hall–Kier alpha value is -1.34. The maximum atomic E-state index is 10.5. The summed E-state index contributed by atoms with van der Waals surface area (Å²) in [6, 6.07) is 11.6. The number of carbonyl (C=O) groups is 1. The van der Waals surface area contributed by atoms with Gasteiger partial charge in [0.15, 0.2) is 0 Å². The largest absolute Gasteiger partial charge is 0.303 e. The van der Waals surface area contributed by atoms with Crippen LogP contribution in [0.2, 0.25) is 5.02 Å². The van der Waals surface area contributed by atoms with Crippen LogP contribution in [-0.4, -0.2) is 6.29 Å². The monoisotopic (exact) mass is 204 g/mol. The summed E-state index contributed by atoms with van der Waals surface area (Å²) in [6.45, 7) is 0. The zero-order chi connectivity index (χ0) is 9.97. The number of hydrogen-bond acceptors (Lipinski definition) is 1. The minimum absolute atomic E-state index is 0.442. The molecule has 0 aliphatic carbocycles. The van der Waals surface area contributed by atoms with Crippen LogP contribution < -0.4 is 0 Å². The second-order valence-corrected chi connectivity index (χ2v) is 3.53. The van der Waals surface area contributed by atoms with E-state index in [9.17, 15) is 4.79 Å². The third-order valence-electron chi connectivity index (χ3n) is 2.26. The summed E-state index contributed by atoms with van der Waals surface area (Å²) in [5, 5.41) is 2.80. The standard InChI is InChI=1S/C12H9ClO/c13-12-6-5-9(7-8-14)10-3-1-2-4-11(10)12/h1-6,8H,7H2. The van der Waals surface area contributed by atoms with E-state index >= 15 is 0 Å². The Kier molecular flexibility index (Phi) is 2.51. The van der Waals surface area contributed by atoms with Gasteiger partial charge in [0.1, 0.15) is 6.29 Å². The first kappa shape index (κ1) is 9.22. The fourth-order valence-corrected chi connectivity index (χ4v) is 1.82. The van der Waals surface area contributed by atoms with Crippen molar-refractivity contribution >= 4 is 28.7 Å². The zero-order valence-corrected chi connectivity index (χ0v) is 8.29. The topological polar surface area (TPSA) is 17.1 Å². The molecule has 0 saturated carbocycles. The summed E-state index contributed by atoms with van der Waals surface area (Å²) in [5.41, 5.74) is 1.03. The summed E-state index contributed by atoms with van der Waals surface area (Å²) in [4.78, 5) is 10.5. The molecule has 0 heterocycles. The van der Waals surface area contributed by atoms with E-state index in [1.165, 1.54) is 0 Å². The maximum absolute atomic E-state index is 10.5. The van der Waals surface area contributed by atoms with Crippen LogP contribution in [0.4, 0.5) is 0 Å². The molecule has 2 aromatic carbocycles. The van der Waals surface area contributed by atoms with Gasteiger partial charge in [-0.3, -0.25) is 0 Å². The van der Waals surface area contributed by atoms with Gasteiger partial charge >= 0.3 is 0 Å². The zero-order valence-electron chi connectivity index (χ0n) is 7.53. The number of fused-ring (bicyclic) bond motifs is 1. The SMILES string of the molecule is O=CCc1ccc(Cl)c2ccccc12. The second kappa shape index (κ2) is 3.81. The highest BCUT2D eigenvalue weighted by molar-refractivity contribution is 6.35. The lowest BCUT2D eigenvalue weighted by Crippen LogP contribution is -1.88. The van der Waals surface area contributed by atoms with Crippen molar-refractivity contribution < 1.29 is 4.79 Å². The summed E-state index contributed by atoms with van der Waals surface area (Å²) in [5.74, 6) is 0. The predicted molar refractivity (Wildman–Crippen MR) is 58.7 cm³/mol. The fourth-order valence-electron chi connectivity index (χ4n) is 1.59. The Balaban J connectivity index is 2.74. The van der Waals surface area contributed by atoms with Crippen molar-refractivity contribution in [2.24, 2.45) is 0 Å². The average Bonchev–Trinajstić information content (AvgIpc) is 2.23. The highest BCUT2D eigenvalue weighted by Crippen LogP contribution is 2.26. The molecule has 0 spiro atoms. The summed E-state index contributed by atoms with van der Waals surface area (Å²) < 4.78 is 0. The van der Waals surface area contributed by atoms with Crippen molar-refractivity contribution in [2.45, 2.75) is 6.42 Å². The van der Waals surface area contributed by atoms with Crippen LogP contribution >= 0.6 is 11.6 Å². The molecule has 0 amide bonds. The normalized spacial score (nSPS) is 10.4. The van der Waals surface area contributed by atoms with E-state index in [4.69, 9.17) is 11.6 Å². The minimum Gasteiger partial charge on any atom is -0.303 e. The van der Waals surface area contributed by atoms with Gasteiger partial charge in [0, 0.05) is 16.8 Å². The molecule has 0 fully saturated rings. The third-order valence-corrected chi connectivity index (χ3v) is 2.59. The molecule has 2 heteroatoms. The van der Waals surface area contributed by atoms with E-state index in [0.29, 0.717) is 6.42 Å². The highest BCUT2D eigenvalue weighted by atomic mass is 35.5. The van der Waals surface area contributed by atoms with Gasteiger partial charge in [0.05, 0.1) is 0 Å². The predicted octanol–water partition coefficient (Wildman–Crippen LogP) is 3.23. The summed E-state index contributed by atoms with van der Waals surface area (Å²) in [7, 11) is 0. The van der Waals surface area contributed by atoms with Crippen LogP contribution in [0.5, 0.6) is 0 Å². The van der Waals surface area contributed by atoms with Gasteiger partial charge in [-0.05, 0) is 17.0 Å². The first-order chi connectivity index (χ1) is 6.83. The van der Waals surface area contributed by atoms with Crippen molar-refractivity contribution in [2.75, 3.05) is 0 Å². The molecule has 2 rings (SSSR count). The lowest BCUT2D eigenvalue weighted by Gasteiger charge is -2.04. The van der Waals surface area contributed by atoms with Crippen molar-refractivity contribution in [3.05, 3.63) is 47.0 Å². The highest BCUT2D eigenvalue weighted by Gasteiger charge is 2.02. The Labute approximate surface area is 87.3 Å². The number of rotatable bonds is 2.